The van der Waals surface area contributed by atoms with Gasteiger partial charge in [0.2, 0.25) is 11.8 Å². The van der Waals surface area contributed by atoms with Gasteiger partial charge in [0, 0.05) is 3.57 Å². The van der Waals surface area contributed by atoms with Crippen molar-refractivity contribution in [1.29, 1.82) is 0 Å². The molecule has 5 heteroatoms. The van der Waals surface area contributed by atoms with Crippen LogP contribution >= 0.6 is 22.6 Å². The molecule has 4 nitrogen and oxygen atoms in total. The van der Waals surface area contributed by atoms with Crippen molar-refractivity contribution in [2.24, 2.45) is 21.8 Å². The van der Waals surface area contributed by atoms with Gasteiger partial charge in [-0.3, -0.25) is 0 Å². The zero-order chi connectivity index (χ0) is 20.1. The standard InChI is InChI=1S/C22H31IN2O2/c1-12(2)17-21(5,6)26-19(24-17)14-10-9-11-15(16(14)23)20-25-18(13(3)4)22(7,8)27-20/h9-13,17-18H,1-8H3/t17-,18-/m0/s1. The number of hydrogen-bond acceptors (Lipinski definition) is 4. The van der Waals surface area contributed by atoms with Crippen LogP contribution in [0.15, 0.2) is 28.2 Å². The van der Waals surface area contributed by atoms with Crippen LogP contribution in [0, 0.1) is 15.4 Å². The zero-order valence-electron chi connectivity index (χ0n) is 17.6. The van der Waals surface area contributed by atoms with Crippen LogP contribution in [-0.4, -0.2) is 35.1 Å². The summed E-state index contributed by atoms with van der Waals surface area (Å²) in [4.78, 5) is 9.84. The minimum absolute atomic E-state index is 0.149. The molecule has 148 valence electrons. The number of ether oxygens (including phenoxy) is 2. The third kappa shape index (κ3) is 3.76. The minimum Gasteiger partial charge on any atom is -0.469 e. The molecule has 0 unspecified atom stereocenters. The number of hydrogen-bond donors (Lipinski definition) is 0. The molecular formula is C22H31IN2O2. The summed E-state index contributed by atoms with van der Waals surface area (Å²) >= 11 is 2.37. The van der Waals surface area contributed by atoms with Gasteiger partial charge in [-0.25, -0.2) is 9.98 Å². The molecule has 2 aliphatic heterocycles. The van der Waals surface area contributed by atoms with E-state index in [1.807, 2.05) is 6.07 Å². The predicted molar refractivity (Wildman–Crippen MR) is 120 cm³/mol. The largest absolute Gasteiger partial charge is 0.469 e. The first kappa shape index (κ1) is 20.6. The van der Waals surface area contributed by atoms with Gasteiger partial charge in [0.05, 0.1) is 23.2 Å². The van der Waals surface area contributed by atoms with E-state index in [4.69, 9.17) is 19.5 Å². The molecule has 0 amide bonds. The Hall–Kier alpha value is -1.11. The van der Waals surface area contributed by atoms with Gasteiger partial charge in [0.25, 0.3) is 0 Å². The van der Waals surface area contributed by atoms with Gasteiger partial charge in [-0.05, 0) is 74.3 Å². The Balaban J connectivity index is 1.99. The quantitative estimate of drug-likeness (QED) is 0.536. The van der Waals surface area contributed by atoms with Crippen LogP contribution in [0.5, 0.6) is 0 Å². The van der Waals surface area contributed by atoms with Crippen LogP contribution < -0.4 is 0 Å². The highest BCUT2D eigenvalue weighted by atomic mass is 127. The molecule has 0 fully saturated rings. The first-order valence-electron chi connectivity index (χ1n) is 9.77. The molecule has 0 bridgehead atoms. The minimum atomic E-state index is -0.297. The number of aliphatic imine (C=N–C) groups is 2. The second kappa shape index (κ2) is 7.05. The number of nitrogens with zero attached hydrogens (tertiary/aromatic N) is 2. The van der Waals surface area contributed by atoms with E-state index in [-0.39, 0.29) is 23.3 Å². The maximum Gasteiger partial charge on any atom is 0.218 e. The zero-order valence-corrected chi connectivity index (χ0v) is 19.8. The van der Waals surface area contributed by atoms with Crippen LogP contribution in [0.3, 0.4) is 0 Å². The maximum atomic E-state index is 6.27. The fourth-order valence-electron chi connectivity index (χ4n) is 4.25. The Bertz CT molecular complexity index is 731. The highest BCUT2D eigenvalue weighted by Crippen LogP contribution is 2.36. The highest BCUT2D eigenvalue weighted by Gasteiger charge is 2.43. The first-order chi connectivity index (χ1) is 12.4. The van der Waals surface area contributed by atoms with Crippen molar-refractivity contribution in [1.82, 2.24) is 0 Å². The Morgan fingerprint density at radius 3 is 1.48 bits per heavy atom. The van der Waals surface area contributed by atoms with E-state index in [1.165, 1.54) is 0 Å². The normalized spacial score (nSPS) is 26.0. The van der Waals surface area contributed by atoms with Gasteiger partial charge < -0.3 is 9.47 Å². The monoisotopic (exact) mass is 482 g/mol. The van der Waals surface area contributed by atoms with Crippen molar-refractivity contribution < 1.29 is 9.47 Å². The Labute approximate surface area is 177 Å². The van der Waals surface area contributed by atoms with Crippen molar-refractivity contribution in [3.63, 3.8) is 0 Å². The molecule has 2 atom stereocenters. The van der Waals surface area contributed by atoms with E-state index in [0.29, 0.717) is 11.8 Å². The van der Waals surface area contributed by atoms with Crippen molar-refractivity contribution in [2.45, 2.75) is 78.7 Å². The molecule has 0 aromatic heterocycles. The van der Waals surface area contributed by atoms with Crippen LogP contribution in [-0.2, 0) is 9.47 Å². The molecule has 1 aromatic carbocycles. The summed E-state index contributed by atoms with van der Waals surface area (Å²) in [6, 6.07) is 6.48. The summed E-state index contributed by atoms with van der Waals surface area (Å²) in [5.41, 5.74) is 1.44. The van der Waals surface area contributed by atoms with E-state index in [2.05, 4.69) is 90.1 Å². The van der Waals surface area contributed by atoms with Gasteiger partial charge in [0.15, 0.2) is 0 Å². The van der Waals surface area contributed by atoms with Crippen LogP contribution in [0.25, 0.3) is 0 Å². The summed E-state index contributed by atoms with van der Waals surface area (Å²) in [5, 5.41) is 0. The molecule has 0 N–H and O–H groups in total. The smallest absolute Gasteiger partial charge is 0.218 e. The number of halogens is 1. The van der Waals surface area contributed by atoms with Crippen molar-refractivity contribution in [2.75, 3.05) is 0 Å². The molecule has 27 heavy (non-hydrogen) atoms. The molecule has 2 heterocycles. The summed E-state index contributed by atoms with van der Waals surface area (Å²) < 4.78 is 13.6. The molecule has 2 aliphatic rings. The van der Waals surface area contributed by atoms with Gasteiger partial charge in [-0.15, -0.1) is 0 Å². The molecule has 1 aromatic rings. The van der Waals surface area contributed by atoms with Crippen molar-refractivity contribution in [3.8, 4) is 0 Å². The Morgan fingerprint density at radius 1 is 0.815 bits per heavy atom. The molecule has 0 aliphatic carbocycles. The average Bonchev–Trinajstić information content (AvgIpc) is 3.03. The van der Waals surface area contributed by atoms with Gasteiger partial charge >= 0.3 is 0 Å². The fourth-order valence-corrected chi connectivity index (χ4v) is 5.07. The Morgan fingerprint density at radius 2 is 1.19 bits per heavy atom. The van der Waals surface area contributed by atoms with Crippen LogP contribution in [0.2, 0.25) is 0 Å². The Kier molecular flexibility index (Phi) is 5.38. The average molecular weight is 482 g/mol. The van der Waals surface area contributed by atoms with Gasteiger partial charge in [-0.1, -0.05) is 33.8 Å². The van der Waals surface area contributed by atoms with Crippen LogP contribution in [0.1, 0.15) is 66.5 Å². The lowest BCUT2D eigenvalue weighted by Crippen LogP contribution is -2.37. The molecule has 0 saturated carbocycles. The van der Waals surface area contributed by atoms with Gasteiger partial charge in [0.1, 0.15) is 11.2 Å². The van der Waals surface area contributed by atoms with Crippen molar-refractivity contribution >= 4 is 34.4 Å². The fraction of sp³-hybridized carbons (Fsp3) is 0.636. The summed E-state index contributed by atoms with van der Waals surface area (Å²) in [7, 11) is 0. The number of benzene rings is 1. The van der Waals surface area contributed by atoms with E-state index >= 15 is 0 Å². The summed E-state index contributed by atoms with van der Waals surface area (Å²) in [6.07, 6.45) is 0. The lowest BCUT2D eigenvalue weighted by Gasteiger charge is -2.27. The van der Waals surface area contributed by atoms with E-state index < -0.39 is 0 Å². The second-order valence-corrected chi connectivity index (χ2v) is 10.4. The molecule has 0 saturated heterocycles. The van der Waals surface area contributed by atoms with Crippen LogP contribution in [0.4, 0.5) is 0 Å². The second-order valence-electron chi connectivity index (χ2n) is 9.32. The van der Waals surface area contributed by atoms with Gasteiger partial charge in [-0.2, -0.15) is 0 Å². The molecule has 3 rings (SSSR count). The third-order valence-corrected chi connectivity index (χ3v) is 6.54. The molecule has 0 radical (unpaired) electrons. The van der Waals surface area contributed by atoms with E-state index in [0.717, 1.165) is 26.5 Å². The summed E-state index contributed by atoms with van der Waals surface area (Å²) in [6.45, 7) is 17.2. The number of rotatable bonds is 4. The molecule has 0 spiro atoms. The van der Waals surface area contributed by atoms with E-state index in [9.17, 15) is 0 Å². The van der Waals surface area contributed by atoms with E-state index in [1.54, 1.807) is 0 Å². The maximum absolute atomic E-state index is 6.27. The summed E-state index contributed by atoms with van der Waals surface area (Å²) in [5.74, 6) is 2.30. The lowest BCUT2D eigenvalue weighted by atomic mass is 9.90. The first-order valence-corrected chi connectivity index (χ1v) is 10.8. The third-order valence-electron chi connectivity index (χ3n) is 5.38. The predicted octanol–water partition coefficient (Wildman–Crippen LogP) is 5.45. The molecular weight excluding hydrogens is 451 g/mol. The SMILES string of the molecule is CC(C)[C@@H]1N=C(c2cccc(C3=N[C@@H](C(C)C)C(C)(C)O3)c2I)OC1(C)C. The van der Waals surface area contributed by atoms with Crippen molar-refractivity contribution in [3.05, 3.63) is 32.9 Å². The topological polar surface area (TPSA) is 43.2 Å². The lowest BCUT2D eigenvalue weighted by molar-refractivity contribution is 0.0812. The highest BCUT2D eigenvalue weighted by molar-refractivity contribution is 14.1.